The summed E-state index contributed by atoms with van der Waals surface area (Å²) in [6.07, 6.45) is 1.95. The Labute approximate surface area is 231 Å². The third-order valence-electron chi connectivity index (χ3n) is 6.20. The van der Waals surface area contributed by atoms with E-state index in [1.165, 1.54) is 12.1 Å². The fourth-order valence-electron chi connectivity index (χ4n) is 4.13. The molecule has 0 spiro atoms. The first-order chi connectivity index (χ1) is 18.8. The van der Waals surface area contributed by atoms with E-state index in [0.717, 1.165) is 0 Å². The van der Waals surface area contributed by atoms with E-state index in [4.69, 9.17) is 9.47 Å². The van der Waals surface area contributed by atoms with Gasteiger partial charge in [0.2, 0.25) is 0 Å². The molecule has 0 atom stereocenters. The number of aryl methyl sites for hydroxylation is 1. The number of unbranched alkanes of at least 4 members (excludes halogenated alkanes) is 2. The van der Waals surface area contributed by atoms with Crippen molar-refractivity contribution in [2.75, 3.05) is 23.9 Å². The number of carbonyl (C=O) groups is 2. The molecule has 0 saturated heterocycles. The van der Waals surface area contributed by atoms with Gasteiger partial charge in [-0.15, -0.1) is 4.68 Å². The maximum atomic E-state index is 13.9. The number of ether oxygens (including phenoxy) is 2. The van der Waals surface area contributed by atoms with Crippen LogP contribution in [-0.2, 0) is 26.5 Å². The third-order valence-corrected chi connectivity index (χ3v) is 7.14. The Morgan fingerprint density at radius 1 is 1.05 bits per heavy atom. The van der Waals surface area contributed by atoms with Gasteiger partial charge in [0.15, 0.2) is 0 Å². The summed E-state index contributed by atoms with van der Waals surface area (Å²) in [5.74, 6) is -0.113. The molecule has 1 amide bonds. The molecule has 0 N–H and O–H groups in total. The standard InChI is InChI=1S/C26H35N5O8S/c1-7-9-13-38-25(34)29-22-16-18(17(3)4)19(21-11-12-27-28(21)5)15-20(22)23(32)30(24(29)33)31(40(6,36)37)26(35)39-14-10-8-2/h11-12,15-17H,7-10,13-14H2,1-6H3. The Kier molecular flexibility index (Phi) is 9.56. The number of hydrogen-bond donors (Lipinski definition) is 0. The summed E-state index contributed by atoms with van der Waals surface area (Å²) in [4.78, 5) is 53.8. The normalized spacial score (nSPS) is 11.7. The van der Waals surface area contributed by atoms with E-state index in [9.17, 15) is 27.6 Å². The van der Waals surface area contributed by atoms with Gasteiger partial charge in [0.25, 0.3) is 15.6 Å². The van der Waals surface area contributed by atoms with Crippen LogP contribution in [0.25, 0.3) is 22.2 Å². The number of sulfonamides is 1. The molecular weight excluding hydrogens is 542 g/mol. The number of nitrogens with zero attached hydrogens (tertiary/aromatic N) is 5. The van der Waals surface area contributed by atoms with Crippen LogP contribution in [0.3, 0.4) is 0 Å². The van der Waals surface area contributed by atoms with E-state index in [-0.39, 0.29) is 39.1 Å². The van der Waals surface area contributed by atoms with Crippen molar-refractivity contribution in [1.29, 1.82) is 0 Å². The van der Waals surface area contributed by atoms with Crippen LogP contribution in [0.4, 0.5) is 9.59 Å². The molecule has 0 aliphatic rings. The Hall–Kier alpha value is -3.94. The zero-order valence-corrected chi connectivity index (χ0v) is 24.4. The molecule has 14 heteroatoms. The van der Waals surface area contributed by atoms with Crippen LogP contribution >= 0.6 is 0 Å². The van der Waals surface area contributed by atoms with Crippen molar-refractivity contribution >= 4 is 33.1 Å². The van der Waals surface area contributed by atoms with Crippen molar-refractivity contribution in [3.8, 4) is 11.3 Å². The van der Waals surface area contributed by atoms with E-state index >= 15 is 0 Å². The minimum atomic E-state index is -4.57. The highest BCUT2D eigenvalue weighted by atomic mass is 32.2. The van der Waals surface area contributed by atoms with Gasteiger partial charge in [-0.25, -0.2) is 22.8 Å². The lowest BCUT2D eigenvalue weighted by Gasteiger charge is -2.23. The molecule has 3 aromatic rings. The summed E-state index contributed by atoms with van der Waals surface area (Å²) in [6, 6.07) is 4.72. The van der Waals surface area contributed by atoms with Crippen molar-refractivity contribution in [1.82, 2.24) is 19.0 Å². The van der Waals surface area contributed by atoms with Gasteiger partial charge in [-0.2, -0.15) is 9.67 Å². The predicted molar refractivity (Wildman–Crippen MR) is 150 cm³/mol. The molecule has 13 nitrogen and oxygen atoms in total. The van der Waals surface area contributed by atoms with Gasteiger partial charge in [-0.05, 0) is 42.5 Å². The van der Waals surface area contributed by atoms with Crippen molar-refractivity contribution in [3.63, 3.8) is 0 Å². The average Bonchev–Trinajstić information content (AvgIpc) is 3.30. The lowest BCUT2D eigenvalue weighted by atomic mass is 9.93. The van der Waals surface area contributed by atoms with Gasteiger partial charge in [0.1, 0.15) is 0 Å². The molecule has 0 bridgehead atoms. The number of aromatic nitrogens is 4. The lowest BCUT2D eigenvalue weighted by molar-refractivity contribution is 0.143. The first-order valence-corrected chi connectivity index (χ1v) is 14.9. The summed E-state index contributed by atoms with van der Waals surface area (Å²) in [5, 5.41) is 4.00. The first kappa shape index (κ1) is 30.6. The summed E-state index contributed by atoms with van der Waals surface area (Å²) in [6.45, 7) is 7.38. The first-order valence-electron chi connectivity index (χ1n) is 13.0. The molecule has 0 unspecified atom stereocenters. The largest absolute Gasteiger partial charge is 0.449 e. The highest BCUT2D eigenvalue weighted by molar-refractivity contribution is 7.92. The van der Waals surface area contributed by atoms with Crippen LogP contribution in [0.2, 0.25) is 0 Å². The maximum Gasteiger partial charge on any atom is 0.444 e. The smallest absolute Gasteiger partial charge is 0.444 e. The second-order valence-electron chi connectivity index (χ2n) is 9.63. The summed E-state index contributed by atoms with van der Waals surface area (Å²) >= 11 is 0. The monoisotopic (exact) mass is 577 g/mol. The van der Waals surface area contributed by atoms with Crippen molar-refractivity contribution in [2.45, 2.75) is 59.3 Å². The Balaban J connectivity index is 2.47. The number of carbonyl (C=O) groups excluding carboxylic acids is 2. The lowest BCUT2D eigenvalue weighted by Crippen LogP contribution is -2.58. The number of benzene rings is 1. The van der Waals surface area contributed by atoms with Crippen LogP contribution in [-0.4, -0.2) is 59.1 Å². The fourth-order valence-corrected chi connectivity index (χ4v) is 4.89. The average molecular weight is 578 g/mol. The molecule has 0 aliphatic heterocycles. The maximum absolute atomic E-state index is 13.9. The summed E-state index contributed by atoms with van der Waals surface area (Å²) in [7, 11) is -2.86. The summed E-state index contributed by atoms with van der Waals surface area (Å²) < 4.78 is 38.1. The third kappa shape index (κ3) is 6.11. The van der Waals surface area contributed by atoms with E-state index < -0.39 is 33.5 Å². The quantitative estimate of drug-likeness (QED) is 0.330. The van der Waals surface area contributed by atoms with Crippen LogP contribution in [0.5, 0.6) is 0 Å². The molecule has 218 valence electrons. The van der Waals surface area contributed by atoms with E-state index in [0.29, 0.717) is 53.3 Å². The van der Waals surface area contributed by atoms with Crippen molar-refractivity contribution in [3.05, 3.63) is 50.8 Å². The topological polar surface area (TPSA) is 152 Å². The highest BCUT2D eigenvalue weighted by Crippen LogP contribution is 2.32. The molecule has 0 fully saturated rings. The SMILES string of the molecule is CCCCOC(=O)N(n1c(=O)c2cc(-c3ccnn3C)c(C(C)C)cc2n(C(=O)OCCCC)c1=O)S(C)(=O)=O. The Morgan fingerprint density at radius 3 is 2.20 bits per heavy atom. The molecule has 0 radical (unpaired) electrons. The predicted octanol–water partition coefficient (Wildman–Crippen LogP) is 3.31. The van der Waals surface area contributed by atoms with Gasteiger partial charge in [-0.1, -0.05) is 45.0 Å². The van der Waals surface area contributed by atoms with Crippen molar-refractivity contribution in [2.24, 2.45) is 7.05 Å². The van der Waals surface area contributed by atoms with Gasteiger partial charge < -0.3 is 9.47 Å². The zero-order chi connectivity index (χ0) is 29.8. The molecule has 2 aromatic heterocycles. The minimum absolute atomic E-state index is 0.0125. The van der Waals surface area contributed by atoms with E-state index in [2.05, 4.69) is 5.10 Å². The number of amides is 1. The minimum Gasteiger partial charge on any atom is -0.449 e. The van der Waals surface area contributed by atoms with Gasteiger partial charge >= 0.3 is 17.9 Å². The molecule has 40 heavy (non-hydrogen) atoms. The van der Waals surface area contributed by atoms with Crippen molar-refractivity contribution < 1.29 is 27.5 Å². The molecule has 2 heterocycles. The van der Waals surface area contributed by atoms with Gasteiger partial charge in [0, 0.05) is 18.8 Å². The fraction of sp³-hybridized carbons (Fsp3) is 0.500. The van der Waals surface area contributed by atoms with Crippen LogP contribution < -0.4 is 15.7 Å². The zero-order valence-electron chi connectivity index (χ0n) is 23.5. The number of rotatable bonds is 10. The van der Waals surface area contributed by atoms with Crippen LogP contribution in [0.1, 0.15) is 64.9 Å². The van der Waals surface area contributed by atoms with Crippen LogP contribution in [0, 0.1) is 0 Å². The van der Waals surface area contributed by atoms with E-state index in [1.807, 2.05) is 27.7 Å². The summed E-state index contributed by atoms with van der Waals surface area (Å²) in [5.41, 5.74) is -0.697. The van der Waals surface area contributed by atoms with Crippen LogP contribution in [0.15, 0.2) is 34.0 Å². The van der Waals surface area contributed by atoms with Gasteiger partial charge in [-0.3, -0.25) is 9.48 Å². The van der Waals surface area contributed by atoms with Gasteiger partial charge in [0.05, 0.1) is 36.1 Å². The molecule has 0 saturated carbocycles. The second-order valence-corrected chi connectivity index (χ2v) is 11.4. The molecule has 3 rings (SSSR count). The second kappa shape index (κ2) is 12.5. The highest BCUT2D eigenvalue weighted by Gasteiger charge is 2.33. The number of fused-ring (bicyclic) bond motifs is 1. The number of hydrogen-bond acceptors (Lipinski definition) is 9. The Bertz CT molecular complexity index is 1630. The molecule has 1 aromatic carbocycles. The Morgan fingerprint density at radius 2 is 1.68 bits per heavy atom. The molecule has 0 aliphatic carbocycles. The molecular formula is C26H35N5O8S. The van der Waals surface area contributed by atoms with E-state index in [1.54, 1.807) is 24.0 Å².